The molecule has 0 radical (unpaired) electrons. The molecule has 2 aliphatic heterocycles. The van der Waals surface area contributed by atoms with Crippen molar-refractivity contribution in [2.45, 2.75) is 30.7 Å². The fourth-order valence-electron chi connectivity index (χ4n) is 3.43. The van der Waals surface area contributed by atoms with Crippen LogP contribution in [-0.2, 0) is 14.8 Å². The molecule has 0 bridgehead atoms. The first-order valence-electron chi connectivity index (χ1n) is 9.11. The third-order valence-corrected chi connectivity index (χ3v) is 6.67. The molecule has 1 fully saturated rings. The van der Waals surface area contributed by atoms with E-state index in [-0.39, 0.29) is 17.3 Å². The number of amides is 1. The van der Waals surface area contributed by atoms with Gasteiger partial charge in [-0.15, -0.1) is 0 Å². The lowest BCUT2D eigenvalue weighted by molar-refractivity contribution is -0.119. The van der Waals surface area contributed by atoms with E-state index < -0.39 is 16.1 Å². The van der Waals surface area contributed by atoms with Crippen LogP contribution in [0.1, 0.15) is 18.5 Å². The average molecular weight is 403 g/mol. The van der Waals surface area contributed by atoms with Gasteiger partial charge in [0.1, 0.15) is 25.1 Å². The lowest BCUT2D eigenvalue weighted by Crippen LogP contribution is -2.43. The van der Waals surface area contributed by atoms with Crippen LogP contribution in [0.25, 0.3) is 0 Å². The Labute approximate surface area is 163 Å². The first-order valence-corrected chi connectivity index (χ1v) is 10.6. The molecule has 0 spiro atoms. The lowest BCUT2D eigenvalue weighted by Gasteiger charge is -2.24. The number of pyridine rings is 1. The van der Waals surface area contributed by atoms with Gasteiger partial charge in [-0.1, -0.05) is 6.07 Å². The van der Waals surface area contributed by atoms with E-state index >= 15 is 0 Å². The van der Waals surface area contributed by atoms with Crippen LogP contribution in [-0.4, -0.2) is 49.4 Å². The van der Waals surface area contributed by atoms with Crippen LogP contribution in [0.15, 0.2) is 41.3 Å². The van der Waals surface area contributed by atoms with Gasteiger partial charge in [0.05, 0.1) is 4.90 Å². The highest BCUT2D eigenvalue weighted by molar-refractivity contribution is 7.89. The van der Waals surface area contributed by atoms with Crippen molar-refractivity contribution in [3.63, 3.8) is 0 Å². The SMILES string of the molecule is Cc1cccc(NC(=O)[C@@H]2CCCN2S(=O)(=O)c2ccc3c(c2)OCCO3)n1. The molecule has 0 unspecified atom stereocenters. The van der Waals surface area contributed by atoms with Crippen molar-refractivity contribution in [2.75, 3.05) is 25.1 Å². The minimum atomic E-state index is -3.85. The zero-order valence-electron chi connectivity index (χ0n) is 15.4. The topological polar surface area (TPSA) is 97.8 Å². The number of nitrogens with zero attached hydrogens (tertiary/aromatic N) is 2. The summed E-state index contributed by atoms with van der Waals surface area (Å²) in [6.45, 7) is 2.91. The first kappa shape index (κ1) is 18.7. The number of nitrogens with one attached hydrogen (secondary N) is 1. The normalized spacial score (nSPS) is 19.4. The molecule has 0 saturated carbocycles. The maximum Gasteiger partial charge on any atom is 0.243 e. The van der Waals surface area contributed by atoms with Crippen LogP contribution in [0.4, 0.5) is 5.82 Å². The summed E-state index contributed by atoms with van der Waals surface area (Å²) in [5.74, 6) is 0.952. The number of carbonyl (C=O) groups is 1. The highest BCUT2D eigenvalue weighted by Gasteiger charge is 2.40. The number of carbonyl (C=O) groups excluding carboxylic acids is 1. The molecule has 2 aromatic rings. The summed E-state index contributed by atoms with van der Waals surface area (Å²) in [6.07, 6.45) is 1.07. The van der Waals surface area contributed by atoms with Crippen molar-refractivity contribution in [1.29, 1.82) is 0 Å². The molecule has 0 aliphatic carbocycles. The maximum absolute atomic E-state index is 13.2. The summed E-state index contributed by atoms with van der Waals surface area (Å²) >= 11 is 0. The number of rotatable bonds is 4. The van der Waals surface area contributed by atoms with E-state index in [1.807, 2.05) is 13.0 Å². The van der Waals surface area contributed by atoms with E-state index in [0.717, 1.165) is 5.69 Å². The van der Waals surface area contributed by atoms with E-state index in [1.54, 1.807) is 18.2 Å². The molecule has 4 rings (SSSR count). The lowest BCUT2D eigenvalue weighted by atomic mass is 10.2. The van der Waals surface area contributed by atoms with Crippen LogP contribution in [0.2, 0.25) is 0 Å². The molecule has 9 heteroatoms. The molecule has 1 N–H and O–H groups in total. The summed E-state index contributed by atoms with van der Waals surface area (Å²) in [4.78, 5) is 17.1. The molecule has 1 amide bonds. The molecular formula is C19H21N3O5S. The third-order valence-electron chi connectivity index (χ3n) is 4.77. The number of sulfonamides is 1. The van der Waals surface area contributed by atoms with E-state index in [4.69, 9.17) is 9.47 Å². The highest BCUT2D eigenvalue weighted by atomic mass is 32.2. The Balaban J connectivity index is 1.57. The Bertz CT molecular complexity index is 1010. The number of anilines is 1. The van der Waals surface area contributed by atoms with Gasteiger partial charge in [-0.2, -0.15) is 4.31 Å². The monoisotopic (exact) mass is 403 g/mol. The number of benzene rings is 1. The van der Waals surface area contributed by atoms with Crippen molar-refractivity contribution >= 4 is 21.7 Å². The van der Waals surface area contributed by atoms with Crippen LogP contribution in [0.5, 0.6) is 11.5 Å². The quantitative estimate of drug-likeness (QED) is 0.838. The molecule has 2 aliphatic rings. The Morgan fingerprint density at radius 3 is 2.75 bits per heavy atom. The summed E-state index contributed by atoms with van der Waals surface area (Å²) in [7, 11) is -3.85. The van der Waals surface area contributed by atoms with E-state index in [2.05, 4.69) is 10.3 Å². The number of hydrogen-bond acceptors (Lipinski definition) is 6. The Morgan fingerprint density at radius 1 is 1.18 bits per heavy atom. The fraction of sp³-hybridized carbons (Fsp3) is 0.368. The van der Waals surface area contributed by atoms with Crippen molar-refractivity contribution in [2.24, 2.45) is 0 Å². The second kappa shape index (κ2) is 7.40. The zero-order valence-corrected chi connectivity index (χ0v) is 16.2. The minimum Gasteiger partial charge on any atom is -0.486 e. The van der Waals surface area contributed by atoms with Crippen molar-refractivity contribution < 1.29 is 22.7 Å². The molecule has 1 aromatic heterocycles. The van der Waals surface area contributed by atoms with Crippen molar-refractivity contribution in [1.82, 2.24) is 9.29 Å². The Hall–Kier alpha value is -2.65. The van der Waals surface area contributed by atoms with E-state index in [9.17, 15) is 13.2 Å². The Morgan fingerprint density at radius 2 is 1.96 bits per heavy atom. The maximum atomic E-state index is 13.2. The average Bonchev–Trinajstić information content (AvgIpc) is 3.18. The summed E-state index contributed by atoms with van der Waals surface area (Å²) in [6, 6.07) is 9.04. The number of hydrogen-bond donors (Lipinski definition) is 1. The molecule has 1 aromatic carbocycles. The van der Waals surface area contributed by atoms with Crippen LogP contribution in [0, 0.1) is 6.92 Å². The summed E-state index contributed by atoms with van der Waals surface area (Å²) < 4.78 is 38.5. The predicted molar refractivity (Wildman–Crippen MR) is 102 cm³/mol. The molecular weight excluding hydrogens is 382 g/mol. The smallest absolute Gasteiger partial charge is 0.243 e. The molecule has 1 saturated heterocycles. The molecule has 1 atom stereocenters. The van der Waals surface area contributed by atoms with Gasteiger partial charge < -0.3 is 14.8 Å². The summed E-state index contributed by atoms with van der Waals surface area (Å²) in [5.41, 5.74) is 0.768. The number of ether oxygens (including phenoxy) is 2. The number of aromatic nitrogens is 1. The zero-order chi connectivity index (χ0) is 19.7. The number of aryl methyl sites for hydroxylation is 1. The molecule has 28 heavy (non-hydrogen) atoms. The van der Waals surface area contributed by atoms with Gasteiger partial charge in [0, 0.05) is 18.3 Å². The Kier molecular flexibility index (Phi) is 4.94. The number of fused-ring (bicyclic) bond motifs is 1. The van der Waals surface area contributed by atoms with Gasteiger partial charge in [0.25, 0.3) is 0 Å². The van der Waals surface area contributed by atoms with Gasteiger partial charge >= 0.3 is 0 Å². The molecule has 8 nitrogen and oxygen atoms in total. The molecule has 148 valence electrons. The summed E-state index contributed by atoms with van der Waals surface area (Å²) in [5, 5.41) is 2.73. The largest absolute Gasteiger partial charge is 0.486 e. The second-order valence-electron chi connectivity index (χ2n) is 6.73. The van der Waals surface area contributed by atoms with E-state index in [0.29, 0.717) is 43.4 Å². The van der Waals surface area contributed by atoms with Crippen LogP contribution >= 0.6 is 0 Å². The van der Waals surface area contributed by atoms with Gasteiger partial charge in [-0.3, -0.25) is 4.79 Å². The van der Waals surface area contributed by atoms with Crippen LogP contribution < -0.4 is 14.8 Å². The predicted octanol–water partition coefficient (Wildman–Crippen LogP) is 1.95. The minimum absolute atomic E-state index is 0.0881. The van der Waals surface area contributed by atoms with Gasteiger partial charge in [0.15, 0.2) is 11.5 Å². The van der Waals surface area contributed by atoms with Crippen molar-refractivity contribution in [3.8, 4) is 11.5 Å². The van der Waals surface area contributed by atoms with Gasteiger partial charge in [-0.05, 0) is 44.0 Å². The van der Waals surface area contributed by atoms with Crippen LogP contribution in [0.3, 0.4) is 0 Å². The van der Waals surface area contributed by atoms with E-state index in [1.165, 1.54) is 16.4 Å². The van der Waals surface area contributed by atoms with Crippen molar-refractivity contribution in [3.05, 3.63) is 42.1 Å². The highest BCUT2D eigenvalue weighted by Crippen LogP contribution is 2.35. The van der Waals surface area contributed by atoms with Gasteiger partial charge in [-0.25, -0.2) is 13.4 Å². The first-order chi connectivity index (χ1) is 13.4. The second-order valence-corrected chi connectivity index (χ2v) is 8.62. The standard InChI is InChI=1S/C19H21N3O5S/c1-13-4-2-6-18(20-13)21-19(23)15-5-3-9-22(15)28(24,25)14-7-8-16-17(12-14)27-11-10-26-16/h2,4,6-8,12,15H,3,5,9-11H2,1H3,(H,20,21,23)/t15-/m0/s1. The molecule has 3 heterocycles. The fourth-order valence-corrected chi connectivity index (χ4v) is 5.10. The third kappa shape index (κ3) is 3.55. The van der Waals surface area contributed by atoms with Gasteiger partial charge in [0.2, 0.25) is 15.9 Å².